The van der Waals surface area contributed by atoms with E-state index < -0.39 is 0 Å². The fourth-order valence-electron chi connectivity index (χ4n) is 2.73. The van der Waals surface area contributed by atoms with Gasteiger partial charge in [-0.25, -0.2) is 0 Å². The van der Waals surface area contributed by atoms with Crippen LogP contribution in [0.15, 0.2) is 53.0 Å². The number of benzene rings is 2. The van der Waals surface area contributed by atoms with E-state index in [9.17, 15) is 9.59 Å². The van der Waals surface area contributed by atoms with Gasteiger partial charge in [-0.1, -0.05) is 33.6 Å². The van der Waals surface area contributed by atoms with Crippen molar-refractivity contribution in [2.75, 3.05) is 32.8 Å². The number of amides is 2. The van der Waals surface area contributed by atoms with Gasteiger partial charge in [-0.3, -0.25) is 9.59 Å². The van der Waals surface area contributed by atoms with E-state index in [0.29, 0.717) is 42.5 Å². The highest BCUT2D eigenvalue weighted by Gasteiger charge is 2.25. The number of carbonyl (C=O) groups is 2. The van der Waals surface area contributed by atoms with Gasteiger partial charge in [0, 0.05) is 41.2 Å². The highest BCUT2D eigenvalue weighted by molar-refractivity contribution is 9.10. The minimum absolute atomic E-state index is 0.0100. The third-order valence-corrected chi connectivity index (χ3v) is 4.93. The predicted molar refractivity (Wildman–Crippen MR) is 104 cm³/mol. The minimum atomic E-state index is -0.0808. The average molecular weight is 438 g/mol. The molecule has 0 aliphatic carbocycles. The zero-order valence-corrected chi connectivity index (χ0v) is 16.4. The number of rotatable bonds is 4. The first-order chi connectivity index (χ1) is 12.5. The Bertz CT molecular complexity index is 790. The summed E-state index contributed by atoms with van der Waals surface area (Å²) in [7, 11) is 0. The molecule has 7 heteroatoms. The van der Waals surface area contributed by atoms with Crippen LogP contribution >= 0.6 is 27.5 Å². The summed E-state index contributed by atoms with van der Waals surface area (Å²) in [4.78, 5) is 28.3. The van der Waals surface area contributed by atoms with Crippen LogP contribution in [0.25, 0.3) is 0 Å². The standard InChI is InChI=1S/C19H18BrClN2O3/c20-15-4-6-17(7-5-15)26-13-18(24)22-8-10-23(11-9-22)19(25)14-2-1-3-16(21)12-14/h1-7,12H,8-11,13H2. The molecule has 1 fully saturated rings. The molecular formula is C19H18BrClN2O3. The Kier molecular flexibility index (Phi) is 6.16. The van der Waals surface area contributed by atoms with Crippen LogP contribution in [0.1, 0.15) is 10.4 Å². The van der Waals surface area contributed by atoms with Crippen molar-refractivity contribution in [3.63, 3.8) is 0 Å². The van der Waals surface area contributed by atoms with E-state index >= 15 is 0 Å². The second-order valence-corrected chi connectivity index (χ2v) is 7.28. The van der Waals surface area contributed by atoms with Crippen molar-refractivity contribution in [3.8, 4) is 5.75 Å². The molecule has 1 heterocycles. The fraction of sp³-hybridized carbons (Fsp3) is 0.263. The summed E-state index contributed by atoms with van der Waals surface area (Å²) in [6, 6.07) is 14.2. The van der Waals surface area contributed by atoms with Crippen LogP contribution in [0.4, 0.5) is 0 Å². The van der Waals surface area contributed by atoms with E-state index in [1.165, 1.54) is 0 Å². The van der Waals surface area contributed by atoms with Gasteiger partial charge in [0.25, 0.3) is 11.8 Å². The van der Waals surface area contributed by atoms with Gasteiger partial charge in [0.05, 0.1) is 0 Å². The number of nitrogens with zero attached hydrogens (tertiary/aromatic N) is 2. The summed E-state index contributed by atoms with van der Waals surface area (Å²) < 4.78 is 6.48. The maximum Gasteiger partial charge on any atom is 0.260 e. The Labute approximate surface area is 165 Å². The van der Waals surface area contributed by atoms with Gasteiger partial charge in [-0.2, -0.15) is 0 Å². The lowest BCUT2D eigenvalue weighted by Crippen LogP contribution is -2.51. The van der Waals surface area contributed by atoms with Crippen molar-refractivity contribution in [2.45, 2.75) is 0 Å². The number of piperazine rings is 1. The summed E-state index contributed by atoms with van der Waals surface area (Å²) in [5.74, 6) is 0.504. The molecule has 136 valence electrons. The van der Waals surface area contributed by atoms with Gasteiger partial charge in [-0.15, -0.1) is 0 Å². The first-order valence-electron chi connectivity index (χ1n) is 8.24. The van der Waals surface area contributed by atoms with Crippen molar-refractivity contribution in [3.05, 3.63) is 63.6 Å². The van der Waals surface area contributed by atoms with Gasteiger partial charge < -0.3 is 14.5 Å². The molecule has 0 radical (unpaired) electrons. The van der Waals surface area contributed by atoms with Crippen molar-refractivity contribution >= 4 is 39.3 Å². The Morgan fingerprint density at radius 2 is 1.65 bits per heavy atom. The van der Waals surface area contributed by atoms with Crippen molar-refractivity contribution in [2.24, 2.45) is 0 Å². The lowest BCUT2D eigenvalue weighted by molar-refractivity contribution is -0.134. The minimum Gasteiger partial charge on any atom is -0.484 e. The average Bonchev–Trinajstić information content (AvgIpc) is 2.67. The molecule has 3 rings (SSSR count). The molecule has 2 aromatic rings. The molecule has 0 bridgehead atoms. The quantitative estimate of drug-likeness (QED) is 0.736. The van der Waals surface area contributed by atoms with Gasteiger partial charge in [-0.05, 0) is 42.5 Å². The first-order valence-corrected chi connectivity index (χ1v) is 9.41. The zero-order valence-electron chi connectivity index (χ0n) is 14.0. The van der Waals surface area contributed by atoms with Crippen molar-refractivity contribution in [1.29, 1.82) is 0 Å². The van der Waals surface area contributed by atoms with Crippen LogP contribution in [0.3, 0.4) is 0 Å². The molecule has 0 atom stereocenters. The number of halogens is 2. The first kappa shape index (κ1) is 18.7. The van der Waals surface area contributed by atoms with E-state index in [4.69, 9.17) is 16.3 Å². The Morgan fingerprint density at radius 1 is 1.00 bits per heavy atom. The smallest absolute Gasteiger partial charge is 0.260 e. The van der Waals surface area contributed by atoms with Crippen LogP contribution < -0.4 is 4.74 Å². The topological polar surface area (TPSA) is 49.9 Å². The monoisotopic (exact) mass is 436 g/mol. The molecule has 0 spiro atoms. The predicted octanol–water partition coefficient (Wildman–Crippen LogP) is 3.47. The molecule has 1 saturated heterocycles. The van der Waals surface area contributed by atoms with E-state index in [2.05, 4.69) is 15.9 Å². The maximum atomic E-state index is 12.5. The van der Waals surface area contributed by atoms with E-state index in [1.807, 2.05) is 12.1 Å². The van der Waals surface area contributed by atoms with E-state index in [0.717, 1.165) is 4.47 Å². The molecule has 5 nitrogen and oxygen atoms in total. The van der Waals surface area contributed by atoms with Crippen LogP contribution in [0.5, 0.6) is 5.75 Å². The zero-order chi connectivity index (χ0) is 18.5. The van der Waals surface area contributed by atoms with Gasteiger partial charge >= 0.3 is 0 Å². The Morgan fingerprint density at radius 3 is 2.31 bits per heavy atom. The Balaban J connectivity index is 1.49. The normalized spacial score (nSPS) is 14.2. The van der Waals surface area contributed by atoms with Crippen molar-refractivity contribution < 1.29 is 14.3 Å². The molecule has 2 amide bonds. The number of carbonyl (C=O) groups excluding carboxylic acids is 2. The highest BCUT2D eigenvalue weighted by Crippen LogP contribution is 2.17. The van der Waals surface area contributed by atoms with E-state index in [-0.39, 0.29) is 18.4 Å². The summed E-state index contributed by atoms with van der Waals surface area (Å²) in [6.07, 6.45) is 0. The third kappa shape index (κ3) is 4.77. The molecule has 1 aliphatic heterocycles. The largest absolute Gasteiger partial charge is 0.484 e. The third-order valence-electron chi connectivity index (χ3n) is 4.17. The fourth-order valence-corrected chi connectivity index (χ4v) is 3.18. The lowest BCUT2D eigenvalue weighted by Gasteiger charge is -2.34. The summed E-state index contributed by atoms with van der Waals surface area (Å²) in [5.41, 5.74) is 0.566. The molecular weight excluding hydrogens is 420 g/mol. The van der Waals surface area contributed by atoms with Crippen LogP contribution in [0, 0.1) is 0 Å². The lowest BCUT2D eigenvalue weighted by atomic mass is 10.2. The highest BCUT2D eigenvalue weighted by atomic mass is 79.9. The summed E-state index contributed by atoms with van der Waals surface area (Å²) in [6.45, 7) is 1.97. The number of ether oxygens (including phenoxy) is 1. The Hall–Kier alpha value is -2.05. The van der Waals surface area contributed by atoms with E-state index in [1.54, 1.807) is 46.2 Å². The molecule has 1 aliphatic rings. The maximum absolute atomic E-state index is 12.5. The van der Waals surface area contributed by atoms with Gasteiger partial charge in [0.15, 0.2) is 6.61 Å². The van der Waals surface area contributed by atoms with Crippen LogP contribution in [-0.2, 0) is 4.79 Å². The molecule has 0 unspecified atom stereocenters. The number of hydrogen-bond acceptors (Lipinski definition) is 3. The molecule has 0 saturated carbocycles. The molecule has 2 aromatic carbocycles. The second kappa shape index (κ2) is 8.56. The SMILES string of the molecule is O=C(COc1ccc(Br)cc1)N1CCN(C(=O)c2cccc(Cl)c2)CC1. The van der Waals surface area contributed by atoms with Crippen LogP contribution in [-0.4, -0.2) is 54.4 Å². The van der Waals surface area contributed by atoms with Gasteiger partial charge in [0.2, 0.25) is 0 Å². The van der Waals surface area contributed by atoms with Crippen molar-refractivity contribution in [1.82, 2.24) is 9.80 Å². The van der Waals surface area contributed by atoms with Gasteiger partial charge in [0.1, 0.15) is 5.75 Å². The molecule has 26 heavy (non-hydrogen) atoms. The molecule has 0 aromatic heterocycles. The summed E-state index contributed by atoms with van der Waals surface area (Å²) >= 11 is 9.30. The molecule has 0 N–H and O–H groups in total. The number of hydrogen-bond donors (Lipinski definition) is 0. The van der Waals surface area contributed by atoms with Crippen LogP contribution in [0.2, 0.25) is 5.02 Å². The second-order valence-electron chi connectivity index (χ2n) is 5.93. The summed E-state index contributed by atoms with van der Waals surface area (Å²) in [5, 5.41) is 0.537.